The maximum absolute atomic E-state index is 12.9. The van der Waals surface area contributed by atoms with Crippen molar-refractivity contribution in [3.63, 3.8) is 0 Å². The van der Waals surface area contributed by atoms with Crippen LogP contribution in [-0.4, -0.2) is 23.9 Å². The molecule has 0 heterocycles. The van der Waals surface area contributed by atoms with Gasteiger partial charge in [0, 0.05) is 16.3 Å². The van der Waals surface area contributed by atoms with Crippen LogP contribution >= 0.6 is 11.6 Å². The molecule has 3 rings (SSSR count). The summed E-state index contributed by atoms with van der Waals surface area (Å²) in [6.07, 6.45) is 3.11. The van der Waals surface area contributed by atoms with Crippen molar-refractivity contribution >= 4 is 35.1 Å². The van der Waals surface area contributed by atoms with E-state index in [9.17, 15) is 14.7 Å². The van der Waals surface area contributed by atoms with Crippen LogP contribution in [0.1, 0.15) is 41.3 Å². The first-order valence-electron chi connectivity index (χ1n) is 10.5. The molecule has 0 saturated carbocycles. The first kappa shape index (κ1) is 24.1. The van der Waals surface area contributed by atoms with Crippen molar-refractivity contribution in [3.05, 3.63) is 94.5 Å². The molecule has 6 heteroatoms. The summed E-state index contributed by atoms with van der Waals surface area (Å²) in [6, 6.07) is 18.9. The fraction of sp³-hybridized carbons (Fsp3) is 0.185. The Kier molecular flexibility index (Phi) is 7.91. The van der Waals surface area contributed by atoms with E-state index in [1.807, 2.05) is 26.0 Å². The molecule has 0 aromatic heterocycles. The number of benzene rings is 3. The van der Waals surface area contributed by atoms with E-state index in [1.54, 1.807) is 54.6 Å². The Balaban J connectivity index is 1.68. The van der Waals surface area contributed by atoms with E-state index in [0.717, 1.165) is 11.1 Å². The van der Waals surface area contributed by atoms with E-state index in [1.165, 1.54) is 19.3 Å². The summed E-state index contributed by atoms with van der Waals surface area (Å²) in [5.74, 6) is -0.157. The van der Waals surface area contributed by atoms with Gasteiger partial charge >= 0.3 is 0 Å². The number of anilines is 1. The number of methoxy groups -OCH3 is 1. The molecular weight excluding hydrogens is 438 g/mol. The lowest BCUT2D eigenvalue weighted by Gasteiger charge is -2.21. The number of aromatic hydroxyl groups is 1. The number of hydrogen-bond acceptors (Lipinski definition) is 4. The highest BCUT2D eigenvalue weighted by atomic mass is 35.5. The lowest BCUT2D eigenvalue weighted by molar-refractivity contribution is -0.118. The molecule has 0 aliphatic carbocycles. The van der Waals surface area contributed by atoms with Gasteiger partial charge in [-0.2, -0.15) is 0 Å². The average molecular weight is 464 g/mol. The van der Waals surface area contributed by atoms with Crippen LogP contribution in [-0.2, 0) is 4.79 Å². The molecule has 0 saturated heterocycles. The smallest absolute Gasteiger partial charge is 0.232 e. The van der Waals surface area contributed by atoms with Crippen LogP contribution < -0.4 is 10.1 Å². The monoisotopic (exact) mass is 463 g/mol. The number of amides is 1. The summed E-state index contributed by atoms with van der Waals surface area (Å²) < 4.78 is 5.08. The predicted molar refractivity (Wildman–Crippen MR) is 132 cm³/mol. The van der Waals surface area contributed by atoms with Crippen LogP contribution in [0.4, 0.5) is 5.69 Å². The molecular formula is C27H26ClNO4. The van der Waals surface area contributed by atoms with Gasteiger partial charge in [0.25, 0.3) is 0 Å². The van der Waals surface area contributed by atoms with Crippen molar-refractivity contribution in [3.8, 4) is 11.5 Å². The van der Waals surface area contributed by atoms with E-state index in [2.05, 4.69) is 5.32 Å². The topological polar surface area (TPSA) is 75.6 Å². The van der Waals surface area contributed by atoms with Crippen molar-refractivity contribution in [1.82, 2.24) is 0 Å². The van der Waals surface area contributed by atoms with E-state index in [4.69, 9.17) is 16.3 Å². The highest BCUT2D eigenvalue weighted by Crippen LogP contribution is 2.28. The number of ether oxygens (including phenoxy) is 1. The van der Waals surface area contributed by atoms with E-state index in [-0.39, 0.29) is 29.3 Å². The van der Waals surface area contributed by atoms with Gasteiger partial charge in [0.2, 0.25) is 5.91 Å². The number of allylic oxidation sites excluding steroid dienone is 1. The quantitative estimate of drug-likeness (QED) is 0.302. The molecule has 0 aliphatic heterocycles. The zero-order chi connectivity index (χ0) is 24.0. The van der Waals surface area contributed by atoms with Gasteiger partial charge in [-0.1, -0.05) is 49.7 Å². The van der Waals surface area contributed by atoms with Crippen molar-refractivity contribution in [1.29, 1.82) is 0 Å². The molecule has 0 spiro atoms. The molecule has 0 fully saturated rings. The summed E-state index contributed by atoms with van der Waals surface area (Å²) in [6.45, 7) is 3.99. The molecule has 2 N–H and O–H groups in total. The predicted octanol–water partition coefficient (Wildman–Crippen LogP) is 6.33. The molecule has 1 unspecified atom stereocenters. The Morgan fingerprint density at radius 2 is 1.67 bits per heavy atom. The van der Waals surface area contributed by atoms with Crippen LogP contribution in [0, 0.1) is 5.92 Å². The second-order valence-corrected chi connectivity index (χ2v) is 8.41. The Morgan fingerprint density at radius 1 is 1.00 bits per heavy atom. The molecule has 3 aromatic carbocycles. The number of halogens is 1. The van der Waals surface area contributed by atoms with Crippen LogP contribution in [0.2, 0.25) is 5.02 Å². The van der Waals surface area contributed by atoms with Gasteiger partial charge in [-0.25, -0.2) is 0 Å². The number of phenolic OH excluding ortho intramolecular Hbond substituents is 1. The lowest BCUT2D eigenvalue weighted by atomic mass is 9.87. The first-order valence-corrected chi connectivity index (χ1v) is 10.9. The summed E-state index contributed by atoms with van der Waals surface area (Å²) in [7, 11) is 1.47. The Labute approximate surface area is 198 Å². The van der Waals surface area contributed by atoms with Gasteiger partial charge in [0.15, 0.2) is 17.3 Å². The SMILES string of the molecule is COc1cc(/C=C\C(=O)c2ccc(NC(=O)C(c3ccc(Cl)cc3)C(C)C)cc2)ccc1O. The van der Waals surface area contributed by atoms with Gasteiger partial charge in [-0.05, 0) is 71.7 Å². The minimum absolute atomic E-state index is 0.0365. The van der Waals surface area contributed by atoms with Crippen molar-refractivity contribution in [2.45, 2.75) is 19.8 Å². The maximum atomic E-state index is 12.9. The number of nitrogens with one attached hydrogen (secondary N) is 1. The van der Waals surface area contributed by atoms with Crippen LogP contribution in [0.15, 0.2) is 72.8 Å². The largest absolute Gasteiger partial charge is 0.504 e. The molecule has 0 aliphatic rings. The second-order valence-electron chi connectivity index (χ2n) is 7.97. The third-order valence-corrected chi connectivity index (χ3v) is 5.50. The third kappa shape index (κ3) is 6.24. The molecule has 3 aromatic rings. The molecule has 33 heavy (non-hydrogen) atoms. The van der Waals surface area contributed by atoms with Crippen molar-refractivity contribution in [2.75, 3.05) is 12.4 Å². The zero-order valence-electron chi connectivity index (χ0n) is 18.7. The zero-order valence-corrected chi connectivity index (χ0v) is 19.5. The van der Waals surface area contributed by atoms with E-state index >= 15 is 0 Å². The van der Waals surface area contributed by atoms with E-state index < -0.39 is 0 Å². The molecule has 170 valence electrons. The second kappa shape index (κ2) is 10.8. The van der Waals surface area contributed by atoms with Gasteiger partial charge < -0.3 is 15.2 Å². The molecule has 1 amide bonds. The lowest BCUT2D eigenvalue weighted by Crippen LogP contribution is -2.25. The van der Waals surface area contributed by atoms with Crippen molar-refractivity contribution in [2.24, 2.45) is 5.92 Å². The molecule has 0 radical (unpaired) electrons. The summed E-state index contributed by atoms with van der Waals surface area (Å²) in [4.78, 5) is 25.5. The van der Waals surface area contributed by atoms with E-state index in [0.29, 0.717) is 22.0 Å². The van der Waals surface area contributed by atoms with Crippen molar-refractivity contribution < 1.29 is 19.4 Å². The Bertz CT molecular complexity index is 1150. The maximum Gasteiger partial charge on any atom is 0.232 e. The van der Waals surface area contributed by atoms with Crippen LogP contribution in [0.5, 0.6) is 11.5 Å². The summed E-state index contributed by atoms with van der Waals surface area (Å²) >= 11 is 5.97. The van der Waals surface area contributed by atoms with Gasteiger partial charge in [0.05, 0.1) is 13.0 Å². The average Bonchev–Trinajstić information content (AvgIpc) is 2.80. The van der Waals surface area contributed by atoms with Crippen LogP contribution in [0.3, 0.4) is 0 Å². The number of carbonyl (C=O) groups excluding carboxylic acids is 2. The third-order valence-electron chi connectivity index (χ3n) is 5.25. The van der Waals surface area contributed by atoms with Crippen LogP contribution in [0.25, 0.3) is 6.08 Å². The first-order chi connectivity index (χ1) is 15.8. The fourth-order valence-corrected chi connectivity index (χ4v) is 3.64. The van der Waals surface area contributed by atoms with Gasteiger partial charge in [-0.15, -0.1) is 0 Å². The Hall–Kier alpha value is -3.57. The number of phenols is 1. The van der Waals surface area contributed by atoms with Gasteiger partial charge in [0.1, 0.15) is 0 Å². The molecule has 0 bridgehead atoms. The van der Waals surface area contributed by atoms with Gasteiger partial charge in [-0.3, -0.25) is 9.59 Å². The summed E-state index contributed by atoms with van der Waals surface area (Å²) in [5.41, 5.74) is 2.73. The highest BCUT2D eigenvalue weighted by Gasteiger charge is 2.24. The minimum Gasteiger partial charge on any atom is -0.504 e. The number of carbonyl (C=O) groups is 2. The number of hydrogen-bond donors (Lipinski definition) is 2. The molecule has 1 atom stereocenters. The Morgan fingerprint density at radius 3 is 2.27 bits per heavy atom. The standard InChI is InChI=1S/C27H26ClNO4/c1-17(2)26(20-6-10-21(28)11-7-20)27(32)29-22-12-8-19(9-13-22)23(30)14-4-18-5-15-24(31)25(16-18)33-3/h4-17,26,31H,1-3H3,(H,29,32)/b14-4-. The molecule has 5 nitrogen and oxygen atoms in total. The number of ketones is 1. The fourth-order valence-electron chi connectivity index (χ4n) is 3.51. The number of rotatable bonds is 8. The normalized spacial score (nSPS) is 12.0. The highest BCUT2D eigenvalue weighted by molar-refractivity contribution is 6.30. The summed E-state index contributed by atoms with van der Waals surface area (Å²) in [5, 5.41) is 13.2. The minimum atomic E-state index is -0.325.